The van der Waals surface area contributed by atoms with Gasteiger partial charge in [0.15, 0.2) is 0 Å². The highest BCUT2D eigenvalue weighted by atomic mass is 35.5. The second kappa shape index (κ2) is 7.51. The van der Waals surface area contributed by atoms with Crippen LogP contribution in [0, 0.1) is 15.9 Å². The van der Waals surface area contributed by atoms with E-state index in [2.05, 4.69) is 10.6 Å². The third kappa shape index (κ3) is 4.50. The fraction of sp³-hybridized carbons (Fsp3) is 0.0667. The van der Waals surface area contributed by atoms with Crippen molar-refractivity contribution in [3.05, 3.63) is 69.0 Å². The van der Waals surface area contributed by atoms with E-state index in [1.165, 1.54) is 0 Å². The Morgan fingerprint density at radius 2 is 1.83 bits per heavy atom. The molecule has 9 heteroatoms. The lowest BCUT2D eigenvalue weighted by Gasteiger charge is -2.07. The molecule has 0 aliphatic heterocycles. The number of hydrogen-bond acceptors (Lipinski definition) is 4. The molecule has 24 heavy (non-hydrogen) atoms. The van der Waals surface area contributed by atoms with E-state index in [1.807, 2.05) is 0 Å². The van der Waals surface area contributed by atoms with Gasteiger partial charge in [-0.25, -0.2) is 0 Å². The molecule has 0 fully saturated rings. The molecule has 7 nitrogen and oxygen atoms in total. The van der Waals surface area contributed by atoms with Gasteiger partial charge >= 0.3 is 5.69 Å². The van der Waals surface area contributed by atoms with Crippen LogP contribution in [0.25, 0.3) is 0 Å². The first-order valence-corrected chi connectivity index (χ1v) is 7.02. The van der Waals surface area contributed by atoms with Crippen LogP contribution in [0.5, 0.6) is 0 Å². The van der Waals surface area contributed by atoms with Crippen molar-refractivity contribution < 1.29 is 18.9 Å². The van der Waals surface area contributed by atoms with Crippen LogP contribution in [-0.2, 0) is 4.79 Å². The van der Waals surface area contributed by atoms with Crippen molar-refractivity contribution in [2.75, 3.05) is 11.9 Å². The van der Waals surface area contributed by atoms with E-state index >= 15 is 0 Å². The first kappa shape index (κ1) is 17.4. The molecule has 0 unspecified atom stereocenters. The summed E-state index contributed by atoms with van der Waals surface area (Å²) in [6.07, 6.45) is 0. The molecule has 0 spiro atoms. The predicted molar refractivity (Wildman–Crippen MR) is 85.5 cm³/mol. The predicted octanol–water partition coefficient (Wildman–Crippen LogP) is 2.76. The van der Waals surface area contributed by atoms with Gasteiger partial charge < -0.3 is 10.6 Å². The van der Waals surface area contributed by atoms with Gasteiger partial charge in [-0.2, -0.15) is 4.39 Å². The zero-order valence-corrected chi connectivity index (χ0v) is 12.8. The number of nitro benzene ring substituents is 1. The van der Waals surface area contributed by atoms with Gasteiger partial charge in [0.05, 0.1) is 11.5 Å². The van der Waals surface area contributed by atoms with Crippen LogP contribution in [0.3, 0.4) is 0 Å². The molecule has 0 saturated heterocycles. The minimum absolute atomic E-state index is 0.123. The van der Waals surface area contributed by atoms with Crippen molar-refractivity contribution in [2.45, 2.75) is 0 Å². The summed E-state index contributed by atoms with van der Waals surface area (Å²) < 4.78 is 13.2. The maximum absolute atomic E-state index is 13.2. The van der Waals surface area contributed by atoms with E-state index in [0.29, 0.717) is 10.7 Å². The fourth-order valence-corrected chi connectivity index (χ4v) is 1.92. The quantitative estimate of drug-likeness (QED) is 0.638. The van der Waals surface area contributed by atoms with Crippen LogP contribution < -0.4 is 10.6 Å². The number of amides is 2. The molecule has 2 N–H and O–H groups in total. The van der Waals surface area contributed by atoms with E-state index in [4.69, 9.17) is 11.6 Å². The zero-order chi connectivity index (χ0) is 17.7. The van der Waals surface area contributed by atoms with Crippen LogP contribution in [0.2, 0.25) is 5.02 Å². The number of hydrogen-bond donors (Lipinski definition) is 2. The lowest BCUT2D eigenvalue weighted by molar-refractivity contribution is -0.387. The number of carbonyl (C=O) groups is 2. The van der Waals surface area contributed by atoms with E-state index in [-0.39, 0.29) is 12.1 Å². The lowest BCUT2D eigenvalue weighted by Crippen LogP contribution is -2.32. The van der Waals surface area contributed by atoms with Gasteiger partial charge in [-0.3, -0.25) is 19.7 Å². The molecule has 0 aliphatic carbocycles. The highest BCUT2D eigenvalue weighted by Crippen LogP contribution is 2.18. The summed E-state index contributed by atoms with van der Waals surface area (Å²) in [5.41, 5.74) is -0.438. The third-order valence-corrected chi connectivity index (χ3v) is 3.19. The Balaban J connectivity index is 1.95. The Hall–Kier alpha value is -3.00. The molecule has 2 aromatic rings. The molecule has 2 amide bonds. The van der Waals surface area contributed by atoms with Gasteiger partial charge in [-0.1, -0.05) is 11.6 Å². The van der Waals surface area contributed by atoms with Crippen molar-refractivity contribution in [3.63, 3.8) is 0 Å². The summed E-state index contributed by atoms with van der Waals surface area (Å²) in [7, 11) is 0. The molecular formula is C15H11ClFN3O4. The topological polar surface area (TPSA) is 101 Å². The minimum Gasteiger partial charge on any atom is -0.343 e. The lowest BCUT2D eigenvalue weighted by atomic mass is 10.2. The van der Waals surface area contributed by atoms with Gasteiger partial charge in [0, 0.05) is 22.3 Å². The van der Waals surface area contributed by atoms with E-state index in [9.17, 15) is 24.1 Å². The number of anilines is 1. The van der Waals surface area contributed by atoms with E-state index < -0.39 is 28.2 Å². The van der Waals surface area contributed by atoms with Crippen LogP contribution >= 0.6 is 11.6 Å². The summed E-state index contributed by atoms with van der Waals surface area (Å²) in [4.78, 5) is 33.3. The first-order valence-electron chi connectivity index (χ1n) is 6.64. The molecule has 0 bridgehead atoms. The Morgan fingerprint density at radius 1 is 1.17 bits per heavy atom. The Bertz CT molecular complexity index is 796. The number of rotatable bonds is 5. The summed E-state index contributed by atoms with van der Waals surface area (Å²) in [5.74, 6) is -2.27. The maximum Gasteiger partial charge on any atom is 0.305 e. The fourth-order valence-electron chi connectivity index (χ4n) is 1.79. The van der Waals surface area contributed by atoms with Crippen LogP contribution in [-0.4, -0.2) is 23.3 Å². The van der Waals surface area contributed by atoms with Crippen molar-refractivity contribution in [2.24, 2.45) is 0 Å². The van der Waals surface area contributed by atoms with Crippen LogP contribution in [0.4, 0.5) is 15.8 Å². The van der Waals surface area contributed by atoms with Crippen LogP contribution in [0.1, 0.15) is 10.4 Å². The largest absolute Gasteiger partial charge is 0.343 e. The van der Waals surface area contributed by atoms with Crippen molar-refractivity contribution in [1.82, 2.24) is 5.32 Å². The summed E-state index contributed by atoms with van der Waals surface area (Å²) in [6, 6.07) is 9.08. The molecule has 2 aromatic carbocycles. The SMILES string of the molecule is O=C(CNC(=O)c1ccc(F)c([N+](=O)[O-])c1)Nc1ccc(Cl)cc1. The van der Waals surface area contributed by atoms with E-state index in [1.54, 1.807) is 24.3 Å². The number of halogens is 2. The standard InChI is InChI=1S/C15H11ClFN3O4/c16-10-2-4-11(5-3-10)19-14(21)8-18-15(22)9-1-6-12(17)13(7-9)20(23)24/h1-7H,8H2,(H,18,22)(H,19,21). The molecule has 0 aliphatic rings. The monoisotopic (exact) mass is 351 g/mol. The molecule has 0 radical (unpaired) electrons. The van der Waals surface area contributed by atoms with E-state index in [0.717, 1.165) is 18.2 Å². The molecule has 124 valence electrons. The van der Waals surface area contributed by atoms with Gasteiger partial charge in [0.1, 0.15) is 0 Å². The Morgan fingerprint density at radius 3 is 2.46 bits per heavy atom. The van der Waals surface area contributed by atoms with Crippen LogP contribution in [0.15, 0.2) is 42.5 Å². The molecule has 0 atom stereocenters. The Kier molecular flexibility index (Phi) is 5.43. The van der Waals surface area contributed by atoms with Gasteiger partial charge in [0.2, 0.25) is 11.7 Å². The van der Waals surface area contributed by atoms with Gasteiger partial charge in [0.25, 0.3) is 5.91 Å². The smallest absolute Gasteiger partial charge is 0.305 e. The summed E-state index contributed by atoms with van der Waals surface area (Å²) in [5, 5.41) is 16.0. The number of carbonyl (C=O) groups excluding carboxylic acids is 2. The molecule has 0 heterocycles. The second-order valence-electron chi connectivity index (χ2n) is 4.66. The number of nitrogens with one attached hydrogen (secondary N) is 2. The summed E-state index contributed by atoms with van der Waals surface area (Å²) in [6.45, 7) is -0.355. The molecule has 0 saturated carbocycles. The molecule has 2 rings (SSSR count). The molecule has 0 aromatic heterocycles. The molecular weight excluding hydrogens is 341 g/mol. The second-order valence-corrected chi connectivity index (χ2v) is 5.10. The summed E-state index contributed by atoms with van der Waals surface area (Å²) >= 11 is 5.72. The Labute approximate surface area is 140 Å². The minimum atomic E-state index is -1.04. The van der Waals surface area contributed by atoms with Gasteiger partial charge in [-0.15, -0.1) is 0 Å². The first-order chi connectivity index (χ1) is 11.4. The zero-order valence-electron chi connectivity index (χ0n) is 12.1. The maximum atomic E-state index is 13.2. The van der Waals surface area contributed by atoms with Crippen molar-refractivity contribution in [1.29, 1.82) is 0 Å². The average molecular weight is 352 g/mol. The van der Waals surface area contributed by atoms with Crippen molar-refractivity contribution >= 4 is 34.8 Å². The van der Waals surface area contributed by atoms with Gasteiger partial charge in [-0.05, 0) is 36.4 Å². The highest BCUT2D eigenvalue weighted by Gasteiger charge is 2.17. The number of benzene rings is 2. The third-order valence-electron chi connectivity index (χ3n) is 2.94. The number of nitrogens with zero attached hydrogens (tertiary/aromatic N) is 1. The van der Waals surface area contributed by atoms with Crippen molar-refractivity contribution in [3.8, 4) is 0 Å². The average Bonchev–Trinajstić information content (AvgIpc) is 2.55. The number of nitro groups is 1. The highest BCUT2D eigenvalue weighted by molar-refractivity contribution is 6.30. The normalized spacial score (nSPS) is 10.1.